The van der Waals surface area contributed by atoms with E-state index in [0.717, 1.165) is 5.56 Å². The topological polar surface area (TPSA) is 89.4 Å². The number of fused-ring (bicyclic) bond motifs is 1. The first kappa shape index (κ1) is 14.2. The lowest BCUT2D eigenvalue weighted by molar-refractivity contribution is -0.782. The number of hydrogen-bond acceptors (Lipinski definition) is 5. The van der Waals surface area contributed by atoms with E-state index in [0.29, 0.717) is 21.0 Å². The van der Waals surface area contributed by atoms with Crippen LogP contribution in [0.5, 0.6) is 0 Å². The Morgan fingerprint density at radius 1 is 1.50 bits per heavy atom. The molecule has 0 fully saturated rings. The highest BCUT2D eigenvalue weighted by Crippen LogP contribution is 2.08. The summed E-state index contributed by atoms with van der Waals surface area (Å²) in [7, 11) is 0. The number of nitrogens with one attached hydrogen (secondary N) is 2. The molecular weight excluding hydrogens is 278 g/mol. The summed E-state index contributed by atoms with van der Waals surface area (Å²) in [6.45, 7) is 5.99. The Balaban J connectivity index is 2.02. The van der Waals surface area contributed by atoms with Crippen LogP contribution in [0.15, 0.2) is 27.9 Å². The molecule has 0 aliphatic carbocycles. The Morgan fingerprint density at radius 2 is 2.25 bits per heavy atom. The molecule has 2 aromatic rings. The Hall–Kier alpha value is -2.22. The molecule has 2 N–H and O–H groups in total. The highest BCUT2D eigenvalue weighted by Gasteiger charge is 2.10. The van der Waals surface area contributed by atoms with Crippen LogP contribution in [-0.2, 0) is 0 Å². The number of nitrogens with zero attached hydrogens (tertiary/aromatic N) is 3. The van der Waals surface area contributed by atoms with Crippen LogP contribution in [0.1, 0.15) is 26.3 Å². The highest BCUT2D eigenvalue weighted by molar-refractivity contribution is 7.80. The lowest BCUT2D eigenvalue weighted by Crippen LogP contribution is -2.44. The Labute approximate surface area is 121 Å². The van der Waals surface area contributed by atoms with E-state index in [1.807, 2.05) is 20.8 Å². The minimum atomic E-state index is -0.130. The van der Waals surface area contributed by atoms with Crippen LogP contribution in [0.25, 0.3) is 11.0 Å². The van der Waals surface area contributed by atoms with Gasteiger partial charge in [-0.2, -0.15) is 5.10 Å². The monoisotopic (exact) mass is 293 g/mol. The molecule has 8 heteroatoms. The summed E-state index contributed by atoms with van der Waals surface area (Å²) >= 11 is 5.09. The van der Waals surface area contributed by atoms with E-state index in [1.165, 1.54) is 0 Å². The second-order valence-corrected chi connectivity index (χ2v) is 5.66. The molecule has 0 saturated heterocycles. The molecular formula is C12H15N5O2S. The first-order valence-electron chi connectivity index (χ1n) is 5.96. The molecule has 20 heavy (non-hydrogen) atoms. The van der Waals surface area contributed by atoms with Gasteiger partial charge in [-0.3, -0.25) is 10.1 Å². The number of aromatic nitrogens is 2. The zero-order valence-corrected chi connectivity index (χ0v) is 12.2. The molecule has 1 aromatic heterocycles. The average Bonchev–Trinajstić information content (AvgIpc) is 2.69. The van der Waals surface area contributed by atoms with E-state index in [1.54, 1.807) is 24.4 Å². The van der Waals surface area contributed by atoms with Gasteiger partial charge in [-0.1, -0.05) is 0 Å². The Bertz CT molecular complexity index is 659. The molecule has 0 aliphatic rings. The summed E-state index contributed by atoms with van der Waals surface area (Å²) in [4.78, 5) is 0.353. The summed E-state index contributed by atoms with van der Waals surface area (Å²) in [5, 5.41) is 22.4. The summed E-state index contributed by atoms with van der Waals surface area (Å²) in [6, 6.07) is 5.08. The molecule has 0 radical (unpaired) electrons. The second kappa shape index (κ2) is 5.41. The fraction of sp³-hybridized carbons (Fsp3) is 0.333. The van der Waals surface area contributed by atoms with Crippen LogP contribution < -0.4 is 15.6 Å². The number of benzene rings is 1. The summed E-state index contributed by atoms with van der Waals surface area (Å²) in [5.41, 5.74) is 4.16. The van der Waals surface area contributed by atoms with Gasteiger partial charge in [-0.25, -0.2) is 0 Å². The highest BCUT2D eigenvalue weighted by atomic mass is 32.1. The van der Waals surface area contributed by atoms with Crippen molar-refractivity contribution in [2.24, 2.45) is 5.10 Å². The first-order chi connectivity index (χ1) is 9.35. The molecule has 0 saturated carbocycles. The van der Waals surface area contributed by atoms with Crippen LogP contribution >= 0.6 is 12.2 Å². The van der Waals surface area contributed by atoms with E-state index >= 15 is 0 Å². The standard InChI is InChI=1S/C12H15N5O2S/c1-12(2,3)14-11(20)15-13-7-8-4-5-9-10(6-8)17(18)19-16-9/h4-7H,1-3H3,(H2,14,15,20)/b13-7+. The molecule has 7 nitrogen and oxygen atoms in total. The fourth-order valence-corrected chi connectivity index (χ4v) is 1.86. The maximum absolute atomic E-state index is 11.3. The number of hydrazone groups is 1. The minimum Gasteiger partial charge on any atom is -0.359 e. The third-order valence-corrected chi connectivity index (χ3v) is 2.47. The van der Waals surface area contributed by atoms with Gasteiger partial charge in [-0.15, -0.1) is 0 Å². The van der Waals surface area contributed by atoms with Gasteiger partial charge in [0.15, 0.2) is 5.11 Å². The van der Waals surface area contributed by atoms with Crippen molar-refractivity contribution in [3.05, 3.63) is 29.0 Å². The summed E-state index contributed by atoms with van der Waals surface area (Å²) < 4.78 is 4.49. The van der Waals surface area contributed by atoms with Gasteiger partial charge in [0.25, 0.3) is 0 Å². The van der Waals surface area contributed by atoms with Crippen molar-refractivity contribution in [1.29, 1.82) is 0 Å². The van der Waals surface area contributed by atoms with Crippen molar-refractivity contribution in [2.75, 3.05) is 0 Å². The van der Waals surface area contributed by atoms with Gasteiger partial charge in [-0.05, 0) is 55.6 Å². The smallest absolute Gasteiger partial charge is 0.248 e. The molecule has 0 unspecified atom stereocenters. The van der Waals surface area contributed by atoms with Crippen molar-refractivity contribution in [1.82, 2.24) is 15.9 Å². The van der Waals surface area contributed by atoms with Gasteiger partial charge < -0.3 is 10.5 Å². The van der Waals surface area contributed by atoms with Crippen LogP contribution in [0.2, 0.25) is 0 Å². The normalized spacial score (nSPS) is 11.9. The van der Waals surface area contributed by atoms with Crippen LogP contribution in [0, 0.1) is 5.21 Å². The molecule has 0 spiro atoms. The molecule has 0 aliphatic heterocycles. The third-order valence-electron chi connectivity index (χ3n) is 2.28. The number of thiocarbonyl (C=S) groups is 1. The van der Waals surface area contributed by atoms with E-state index in [-0.39, 0.29) is 5.54 Å². The molecule has 0 amide bonds. The van der Waals surface area contributed by atoms with Gasteiger partial charge in [0, 0.05) is 16.8 Å². The van der Waals surface area contributed by atoms with Gasteiger partial charge in [0.2, 0.25) is 11.0 Å². The summed E-state index contributed by atoms with van der Waals surface area (Å²) in [6.07, 6.45) is 1.56. The lowest BCUT2D eigenvalue weighted by atomic mass is 10.1. The third kappa shape index (κ3) is 3.64. The quantitative estimate of drug-likeness (QED) is 0.372. The van der Waals surface area contributed by atoms with Crippen molar-refractivity contribution in [3.8, 4) is 0 Å². The predicted octanol–water partition coefficient (Wildman–Crippen LogP) is 1.06. The fourth-order valence-electron chi connectivity index (χ4n) is 1.50. The van der Waals surface area contributed by atoms with Crippen molar-refractivity contribution in [2.45, 2.75) is 26.3 Å². The second-order valence-electron chi connectivity index (χ2n) is 5.25. The van der Waals surface area contributed by atoms with Gasteiger partial charge >= 0.3 is 0 Å². The van der Waals surface area contributed by atoms with Crippen molar-refractivity contribution < 1.29 is 9.53 Å². The van der Waals surface area contributed by atoms with Crippen molar-refractivity contribution >= 4 is 34.6 Å². The Morgan fingerprint density at radius 3 is 2.95 bits per heavy atom. The van der Waals surface area contributed by atoms with E-state index in [2.05, 4.69) is 25.6 Å². The van der Waals surface area contributed by atoms with E-state index in [4.69, 9.17) is 12.2 Å². The van der Waals surface area contributed by atoms with E-state index < -0.39 is 0 Å². The predicted molar refractivity (Wildman–Crippen MR) is 79.2 cm³/mol. The molecule has 2 rings (SSSR count). The SMILES string of the molecule is CC(C)(C)NC(=S)N/N=C/c1ccc2no[n+]([O-])c2c1. The molecule has 0 atom stereocenters. The van der Waals surface area contributed by atoms with E-state index in [9.17, 15) is 5.21 Å². The number of hydrogen-bond donors (Lipinski definition) is 2. The first-order valence-corrected chi connectivity index (χ1v) is 6.37. The minimum absolute atomic E-state index is 0.130. The van der Waals surface area contributed by atoms with Crippen LogP contribution in [0.3, 0.4) is 0 Å². The zero-order valence-electron chi connectivity index (χ0n) is 11.4. The largest absolute Gasteiger partial charge is 0.359 e. The number of rotatable bonds is 2. The Kier molecular flexibility index (Phi) is 3.84. The van der Waals surface area contributed by atoms with Crippen LogP contribution in [-0.4, -0.2) is 22.0 Å². The molecule has 1 aromatic carbocycles. The molecule has 0 bridgehead atoms. The molecule has 1 heterocycles. The zero-order chi connectivity index (χ0) is 14.8. The maximum atomic E-state index is 11.3. The average molecular weight is 293 g/mol. The lowest BCUT2D eigenvalue weighted by Gasteiger charge is -2.21. The van der Waals surface area contributed by atoms with Crippen molar-refractivity contribution in [3.63, 3.8) is 0 Å². The van der Waals surface area contributed by atoms with Gasteiger partial charge in [0.1, 0.15) is 0 Å². The molecule has 106 valence electrons. The maximum Gasteiger partial charge on any atom is 0.248 e. The van der Waals surface area contributed by atoms with Crippen LogP contribution in [0.4, 0.5) is 0 Å². The summed E-state index contributed by atoms with van der Waals surface area (Å²) in [5.74, 6) is 0. The van der Waals surface area contributed by atoms with Gasteiger partial charge in [0.05, 0.1) is 6.21 Å².